The maximum atomic E-state index is 11.8. The van der Waals surface area contributed by atoms with E-state index in [0.717, 1.165) is 0 Å². The molecular weight excluding hydrogens is 256 g/mol. The van der Waals surface area contributed by atoms with Gasteiger partial charge in [-0.25, -0.2) is 0 Å². The molecule has 1 fully saturated rings. The summed E-state index contributed by atoms with van der Waals surface area (Å²) in [6.45, 7) is 2.32. The van der Waals surface area contributed by atoms with Crippen LogP contribution in [0.25, 0.3) is 0 Å². The molecule has 104 valence electrons. The Bertz CT molecular complexity index is 544. The molecule has 5 heteroatoms. The van der Waals surface area contributed by atoms with Gasteiger partial charge in [0.15, 0.2) is 0 Å². The Morgan fingerprint density at radius 2 is 1.95 bits per heavy atom. The minimum atomic E-state index is -0.147. The number of carbonyl (C=O) groups is 2. The van der Waals surface area contributed by atoms with Crippen LogP contribution in [-0.4, -0.2) is 29.9 Å². The lowest BCUT2D eigenvalue weighted by molar-refractivity contribution is -0.150. The third-order valence-corrected chi connectivity index (χ3v) is 3.23. The Labute approximate surface area is 117 Å². The van der Waals surface area contributed by atoms with Crippen LogP contribution in [0.2, 0.25) is 0 Å². The zero-order chi connectivity index (χ0) is 14.5. The molecule has 2 rings (SSSR count). The highest BCUT2D eigenvalue weighted by molar-refractivity contribution is 5.97. The van der Waals surface area contributed by atoms with Gasteiger partial charge < -0.3 is 4.74 Å². The van der Waals surface area contributed by atoms with Gasteiger partial charge in [0.1, 0.15) is 18.4 Å². The number of nitriles is 1. The van der Waals surface area contributed by atoms with Crippen molar-refractivity contribution in [2.24, 2.45) is 5.92 Å². The second-order valence-electron chi connectivity index (χ2n) is 4.91. The van der Waals surface area contributed by atoms with Crippen LogP contribution in [0.5, 0.6) is 5.75 Å². The van der Waals surface area contributed by atoms with Crippen molar-refractivity contribution in [3.8, 4) is 11.8 Å². The lowest BCUT2D eigenvalue weighted by Gasteiger charge is -2.28. The van der Waals surface area contributed by atoms with E-state index in [1.165, 1.54) is 4.90 Å². The highest BCUT2D eigenvalue weighted by atomic mass is 16.5. The van der Waals surface area contributed by atoms with Crippen molar-refractivity contribution in [1.29, 1.82) is 5.26 Å². The number of rotatable bonds is 4. The van der Waals surface area contributed by atoms with Gasteiger partial charge in [-0.3, -0.25) is 14.5 Å². The number of imide groups is 1. The molecule has 0 atom stereocenters. The summed E-state index contributed by atoms with van der Waals surface area (Å²) in [6, 6.07) is 8.92. The molecule has 1 aromatic carbocycles. The Kier molecular flexibility index (Phi) is 4.36. The number of hydrogen-bond donors (Lipinski definition) is 0. The van der Waals surface area contributed by atoms with Crippen molar-refractivity contribution < 1.29 is 14.3 Å². The molecule has 1 heterocycles. The highest BCUT2D eigenvalue weighted by Gasteiger charge is 2.29. The number of ether oxygens (including phenoxy) is 1. The SMILES string of the molecule is CC1CC(=O)N(CCOc2ccccc2C#N)C(=O)C1. The zero-order valence-corrected chi connectivity index (χ0v) is 11.3. The van der Waals surface area contributed by atoms with Crippen molar-refractivity contribution in [3.05, 3.63) is 29.8 Å². The van der Waals surface area contributed by atoms with Crippen molar-refractivity contribution in [2.45, 2.75) is 19.8 Å². The first-order valence-corrected chi connectivity index (χ1v) is 6.57. The Morgan fingerprint density at radius 1 is 1.30 bits per heavy atom. The predicted molar refractivity (Wildman–Crippen MR) is 71.8 cm³/mol. The molecular formula is C15H16N2O3. The molecule has 0 unspecified atom stereocenters. The van der Waals surface area contributed by atoms with Gasteiger partial charge in [-0.15, -0.1) is 0 Å². The van der Waals surface area contributed by atoms with Gasteiger partial charge in [0.05, 0.1) is 12.1 Å². The summed E-state index contributed by atoms with van der Waals surface area (Å²) in [5.74, 6) is 0.295. The van der Waals surface area contributed by atoms with E-state index in [4.69, 9.17) is 10.00 Å². The summed E-state index contributed by atoms with van der Waals surface area (Å²) in [4.78, 5) is 24.8. The smallest absolute Gasteiger partial charge is 0.229 e. The number of piperidine rings is 1. The predicted octanol–water partition coefficient (Wildman–Crippen LogP) is 1.72. The van der Waals surface area contributed by atoms with E-state index in [9.17, 15) is 9.59 Å². The van der Waals surface area contributed by atoms with Gasteiger partial charge in [0.2, 0.25) is 11.8 Å². The van der Waals surface area contributed by atoms with E-state index in [2.05, 4.69) is 0 Å². The van der Waals surface area contributed by atoms with E-state index in [-0.39, 0.29) is 30.9 Å². The summed E-state index contributed by atoms with van der Waals surface area (Å²) in [5, 5.41) is 8.93. The van der Waals surface area contributed by atoms with E-state index >= 15 is 0 Å². The van der Waals surface area contributed by atoms with E-state index in [1.807, 2.05) is 13.0 Å². The van der Waals surface area contributed by atoms with Crippen molar-refractivity contribution in [2.75, 3.05) is 13.2 Å². The molecule has 0 aromatic heterocycles. The van der Waals surface area contributed by atoms with Gasteiger partial charge in [-0.05, 0) is 18.1 Å². The quantitative estimate of drug-likeness (QED) is 0.782. The summed E-state index contributed by atoms with van der Waals surface area (Å²) in [7, 11) is 0. The highest BCUT2D eigenvalue weighted by Crippen LogP contribution is 2.19. The van der Waals surface area contributed by atoms with Gasteiger partial charge in [-0.2, -0.15) is 5.26 Å². The van der Waals surface area contributed by atoms with Crippen LogP contribution in [0.1, 0.15) is 25.3 Å². The molecule has 1 aromatic rings. The fourth-order valence-corrected chi connectivity index (χ4v) is 2.21. The number of carbonyl (C=O) groups excluding carboxylic acids is 2. The summed E-state index contributed by atoms with van der Waals surface area (Å²) in [6.07, 6.45) is 0.807. The van der Waals surface area contributed by atoms with E-state index in [1.54, 1.807) is 24.3 Å². The van der Waals surface area contributed by atoms with E-state index < -0.39 is 0 Å². The molecule has 1 aliphatic heterocycles. The second kappa shape index (κ2) is 6.20. The molecule has 0 N–H and O–H groups in total. The van der Waals surface area contributed by atoms with Gasteiger partial charge in [0.25, 0.3) is 0 Å². The number of likely N-dealkylation sites (tertiary alicyclic amines) is 1. The van der Waals surface area contributed by atoms with Crippen LogP contribution < -0.4 is 4.74 Å². The molecule has 0 radical (unpaired) electrons. The molecule has 0 aliphatic carbocycles. The Balaban J connectivity index is 1.91. The van der Waals surface area contributed by atoms with Crippen LogP contribution >= 0.6 is 0 Å². The normalized spacial score (nSPS) is 16.1. The Morgan fingerprint density at radius 3 is 2.60 bits per heavy atom. The maximum Gasteiger partial charge on any atom is 0.229 e. The number of para-hydroxylation sites is 1. The monoisotopic (exact) mass is 272 g/mol. The average Bonchev–Trinajstić information content (AvgIpc) is 2.42. The molecule has 0 saturated carbocycles. The standard InChI is InChI=1S/C15H16N2O3/c1-11-8-14(18)17(15(19)9-11)6-7-20-13-5-3-2-4-12(13)10-16/h2-5,11H,6-9H2,1H3. The molecule has 0 spiro atoms. The van der Waals surface area contributed by atoms with Crippen LogP contribution in [0, 0.1) is 17.2 Å². The molecule has 0 bridgehead atoms. The van der Waals surface area contributed by atoms with Gasteiger partial charge in [0, 0.05) is 12.8 Å². The van der Waals surface area contributed by atoms with Crippen LogP contribution in [0.15, 0.2) is 24.3 Å². The van der Waals surface area contributed by atoms with Crippen molar-refractivity contribution >= 4 is 11.8 Å². The minimum absolute atomic E-state index is 0.117. The minimum Gasteiger partial charge on any atom is -0.490 e. The lowest BCUT2D eigenvalue weighted by Crippen LogP contribution is -2.44. The third-order valence-electron chi connectivity index (χ3n) is 3.23. The van der Waals surface area contributed by atoms with Crippen LogP contribution in [0.3, 0.4) is 0 Å². The first-order chi connectivity index (χ1) is 9.61. The van der Waals surface area contributed by atoms with Crippen molar-refractivity contribution in [1.82, 2.24) is 4.90 Å². The number of nitrogens with zero attached hydrogens (tertiary/aromatic N) is 2. The molecule has 1 aliphatic rings. The molecule has 20 heavy (non-hydrogen) atoms. The summed E-state index contributed by atoms with van der Waals surface area (Å²) >= 11 is 0. The number of benzene rings is 1. The lowest BCUT2D eigenvalue weighted by atomic mass is 9.98. The largest absolute Gasteiger partial charge is 0.490 e. The number of hydrogen-bond acceptors (Lipinski definition) is 4. The second-order valence-corrected chi connectivity index (χ2v) is 4.91. The molecule has 5 nitrogen and oxygen atoms in total. The Hall–Kier alpha value is -2.35. The van der Waals surface area contributed by atoms with E-state index in [0.29, 0.717) is 24.2 Å². The van der Waals surface area contributed by atoms with Gasteiger partial charge >= 0.3 is 0 Å². The fraction of sp³-hybridized carbons (Fsp3) is 0.400. The van der Waals surface area contributed by atoms with Crippen molar-refractivity contribution in [3.63, 3.8) is 0 Å². The summed E-state index contributed by atoms with van der Waals surface area (Å²) < 4.78 is 5.49. The number of amides is 2. The molecule has 1 saturated heterocycles. The zero-order valence-electron chi connectivity index (χ0n) is 11.3. The maximum absolute atomic E-state index is 11.8. The topological polar surface area (TPSA) is 70.4 Å². The van der Waals surface area contributed by atoms with Crippen LogP contribution in [-0.2, 0) is 9.59 Å². The molecule has 2 amide bonds. The first kappa shape index (κ1) is 14.1. The average molecular weight is 272 g/mol. The first-order valence-electron chi connectivity index (χ1n) is 6.57. The summed E-state index contributed by atoms with van der Waals surface area (Å²) in [5.41, 5.74) is 0.442. The third kappa shape index (κ3) is 3.15. The van der Waals surface area contributed by atoms with Gasteiger partial charge in [-0.1, -0.05) is 19.1 Å². The fourth-order valence-electron chi connectivity index (χ4n) is 2.21. The van der Waals surface area contributed by atoms with Crippen LogP contribution in [0.4, 0.5) is 0 Å².